The van der Waals surface area contributed by atoms with Gasteiger partial charge in [0.1, 0.15) is 17.7 Å². The van der Waals surface area contributed by atoms with Crippen LogP contribution in [0.1, 0.15) is 18.2 Å². The molecule has 0 radical (unpaired) electrons. The largest absolute Gasteiger partial charge is 0.378 e. The van der Waals surface area contributed by atoms with Crippen LogP contribution in [-0.2, 0) is 20.9 Å². The molecule has 0 saturated heterocycles. The van der Waals surface area contributed by atoms with Gasteiger partial charge in [-0.25, -0.2) is 9.07 Å². The second kappa shape index (κ2) is 7.84. The molecular formula is C21H19FN4O3. The van der Waals surface area contributed by atoms with E-state index in [1.807, 2.05) is 30.3 Å². The molecule has 1 atom stereocenters. The van der Waals surface area contributed by atoms with Crippen LogP contribution in [0.4, 0.5) is 15.9 Å². The maximum absolute atomic E-state index is 13.4. The Morgan fingerprint density at radius 1 is 1.28 bits per heavy atom. The predicted molar refractivity (Wildman–Crippen MR) is 106 cm³/mol. The molecule has 0 spiro atoms. The van der Waals surface area contributed by atoms with Crippen LogP contribution in [-0.4, -0.2) is 28.7 Å². The Kier molecular flexibility index (Phi) is 5.09. The van der Waals surface area contributed by atoms with Gasteiger partial charge >= 0.3 is 0 Å². The molecule has 1 unspecified atom stereocenters. The van der Waals surface area contributed by atoms with E-state index >= 15 is 0 Å². The molecule has 2 aromatic carbocycles. The lowest BCUT2D eigenvalue weighted by molar-refractivity contribution is -0.125. The van der Waals surface area contributed by atoms with Crippen molar-refractivity contribution in [2.24, 2.45) is 0 Å². The van der Waals surface area contributed by atoms with Gasteiger partial charge in [-0.2, -0.15) is 5.10 Å². The lowest BCUT2D eigenvalue weighted by Gasteiger charge is -2.24. The summed E-state index contributed by atoms with van der Waals surface area (Å²) >= 11 is 0. The summed E-state index contributed by atoms with van der Waals surface area (Å²) in [6.45, 7) is 0.221. The Bertz CT molecular complexity index is 1070. The number of carbonyl (C=O) groups excluding carboxylic acids is 2. The van der Waals surface area contributed by atoms with E-state index in [0.29, 0.717) is 22.8 Å². The summed E-state index contributed by atoms with van der Waals surface area (Å²) in [5.74, 6) is -0.757. The molecule has 8 heteroatoms. The topological polar surface area (TPSA) is 85.2 Å². The van der Waals surface area contributed by atoms with Crippen LogP contribution in [0.15, 0.2) is 54.6 Å². The summed E-state index contributed by atoms with van der Waals surface area (Å²) in [6.07, 6.45) is -0.0729. The summed E-state index contributed by atoms with van der Waals surface area (Å²) in [6, 6.07) is 14.2. The SMILES string of the molecule is COCc1nn2c(c1-c1ccccc1)NC(=O)CC2C(=O)Nc1cccc(F)c1. The normalized spacial score (nSPS) is 15.5. The first-order chi connectivity index (χ1) is 14.1. The molecule has 7 nitrogen and oxygen atoms in total. The zero-order chi connectivity index (χ0) is 20.4. The lowest BCUT2D eigenvalue weighted by Crippen LogP contribution is -2.35. The van der Waals surface area contributed by atoms with Gasteiger partial charge in [0.05, 0.1) is 18.7 Å². The van der Waals surface area contributed by atoms with Crippen molar-refractivity contribution in [3.63, 3.8) is 0 Å². The second-order valence-corrected chi connectivity index (χ2v) is 6.68. The number of nitrogens with zero attached hydrogens (tertiary/aromatic N) is 2. The minimum Gasteiger partial charge on any atom is -0.378 e. The second-order valence-electron chi connectivity index (χ2n) is 6.68. The number of ether oxygens (including phenoxy) is 1. The number of benzene rings is 2. The Morgan fingerprint density at radius 2 is 2.07 bits per heavy atom. The first-order valence-electron chi connectivity index (χ1n) is 9.09. The van der Waals surface area contributed by atoms with E-state index in [-0.39, 0.29) is 18.9 Å². The Morgan fingerprint density at radius 3 is 2.79 bits per heavy atom. The first kappa shape index (κ1) is 18.8. The standard InChI is InChI=1S/C21H19FN4O3/c1-29-12-16-19(13-6-3-2-4-7-13)20-24-18(27)11-17(26(20)25-16)21(28)23-15-9-5-8-14(22)10-15/h2-10,17H,11-12H2,1H3,(H,23,28)(H,24,27). The quantitative estimate of drug-likeness (QED) is 0.695. The van der Waals surface area contributed by atoms with E-state index in [0.717, 1.165) is 5.56 Å². The smallest absolute Gasteiger partial charge is 0.249 e. The fourth-order valence-corrected chi connectivity index (χ4v) is 3.41. The highest BCUT2D eigenvalue weighted by atomic mass is 19.1. The number of halogens is 1. The zero-order valence-corrected chi connectivity index (χ0v) is 15.7. The molecule has 4 rings (SSSR count). The molecule has 1 aliphatic rings. The fraction of sp³-hybridized carbons (Fsp3) is 0.190. The van der Waals surface area contributed by atoms with Crippen LogP contribution in [0.5, 0.6) is 0 Å². The number of methoxy groups -OCH3 is 1. The highest BCUT2D eigenvalue weighted by molar-refractivity contribution is 6.03. The highest BCUT2D eigenvalue weighted by Gasteiger charge is 2.35. The number of fused-ring (bicyclic) bond motifs is 1. The van der Waals surface area contributed by atoms with Gasteiger partial charge in [-0.15, -0.1) is 0 Å². The summed E-state index contributed by atoms with van der Waals surface area (Å²) < 4.78 is 20.2. The molecule has 29 heavy (non-hydrogen) atoms. The molecule has 0 saturated carbocycles. The Labute approximate surface area is 166 Å². The van der Waals surface area contributed by atoms with Crippen molar-refractivity contribution in [2.45, 2.75) is 19.1 Å². The average Bonchev–Trinajstić information content (AvgIpc) is 3.06. The molecule has 2 heterocycles. The van der Waals surface area contributed by atoms with Crippen molar-refractivity contribution in [1.29, 1.82) is 0 Å². The third kappa shape index (κ3) is 3.74. The molecule has 1 aromatic heterocycles. The zero-order valence-electron chi connectivity index (χ0n) is 15.7. The summed E-state index contributed by atoms with van der Waals surface area (Å²) in [4.78, 5) is 25.3. The van der Waals surface area contributed by atoms with Crippen LogP contribution in [0, 0.1) is 5.82 Å². The maximum atomic E-state index is 13.4. The van der Waals surface area contributed by atoms with Gasteiger partial charge in [0, 0.05) is 18.4 Å². The van der Waals surface area contributed by atoms with E-state index in [4.69, 9.17) is 4.74 Å². The van der Waals surface area contributed by atoms with Crippen molar-refractivity contribution in [1.82, 2.24) is 9.78 Å². The average molecular weight is 394 g/mol. The summed E-state index contributed by atoms with van der Waals surface area (Å²) in [7, 11) is 1.56. The number of nitrogens with one attached hydrogen (secondary N) is 2. The molecule has 0 aliphatic carbocycles. The van der Waals surface area contributed by atoms with Crippen LogP contribution in [0.2, 0.25) is 0 Å². The van der Waals surface area contributed by atoms with Gasteiger partial charge in [0.15, 0.2) is 0 Å². The van der Waals surface area contributed by atoms with Gasteiger partial charge in [0.25, 0.3) is 0 Å². The molecule has 2 N–H and O–H groups in total. The summed E-state index contributed by atoms with van der Waals surface area (Å²) in [5.41, 5.74) is 2.49. The summed E-state index contributed by atoms with van der Waals surface area (Å²) in [5, 5.41) is 10.0. The fourth-order valence-electron chi connectivity index (χ4n) is 3.41. The predicted octanol–water partition coefficient (Wildman–Crippen LogP) is 3.36. The van der Waals surface area contributed by atoms with Crippen LogP contribution in [0.25, 0.3) is 11.1 Å². The number of hydrogen-bond acceptors (Lipinski definition) is 4. The number of anilines is 2. The number of carbonyl (C=O) groups is 2. The minimum absolute atomic E-state index is 0.0729. The van der Waals surface area contributed by atoms with E-state index in [1.54, 1.807) is 13.2 Å². The van der Waals surface area contributed by atoms with Gasteiger partial charge in [-0.1, -0.05) is 36.4 Å². The molecule has 3 aromatic rings. The van der Waals surface area contributed by atoms with Gasteiger partial charge in [-0.05, 0) is 23.8 Å². The van der Waals surface area contributed by atoms with Crippen molar-refractivity contribution < 1.29 is 18.7 Å². The van der Waals surface area contributed by atoms with Gasteiger partial charge < -0.3 is 15.4 Å². The minimum atomic E-state index is -0.866. The molecule has 148 valence electrons. The van der Waals surface area contributed by atoms with Crippen LogP contribution in [0.3, 0.4) is 0 Å². The molecular weight excluding hydrogens is 375 g/mol. The van der Waals surface area contributed by atoms with Crippen LogP contribution < -0.4 is 10.6 Å². The molecule has 2 amide bonds. The van der Waals surface area contributed by atoms with E-state index < -0.39 is 17.8 Å². The maximum Gasteiger partial charge on any atom is 0.249 e. The monoisotopic (exact) mass is 394 g/mol. The van der Waals surface area contributed by atoms with E-state index in [1.165, 1.54) is 22.9 Å². The van der Waals surface area contributed by atoms with Crippen molar-refractivity contribution >= 4 is 23.3 Å². The van der Waals surface area contributed by atoms with Crippen LogP contribution >= 0.6 is 0 Å². The van der Waals surface area contributed by atoms with E-state index in [9.17, 15) is 14.0 Å². The Balaban J connectivity index is 1.75. The number of rotatable bonds is 5. The highest BCUT2D eigenvalue weighted by Crippen LogP contribution is 2.37. The third-order valence-corrected chi connectivity index (χ3v) is 4.65. The number of hydrogen-bond donors (Lipinski definition) is 2. The van der Waals surface area contributed by atoms with Crippen molar-refractivity contribution in [2.75, 3.05) is 17.7 Å². The molecule has 1 aliphatic heterocycles. The van der Waals surface area contributed by atoms with Crippen molar-refractivity contribution in [3.05, 3.63) is 66.1 Å². The van der Waals surface area contributed by atoms with Gasteiger partial charge in [-0.3, -0.25) is 9.59 Å². The Hall–Kier alpha value is -3.52. The van der Waals surface area contributed by atoms with Gasteiger partial charge in [0.2, 0.25) is 11.8 Å². The van der Waals surface area contributed by atoms with Crippen molar-refractivity contribution in [3.8, 4) is 11.1 Å². The number of amides is 2. The third-order valence-electron chi connectivity index (χ3n) is 4.65. The molecule has 0 bridgehead atoms. The first-order valence-corrected chi connectivity index (χ1v) is 9.09. The molecule has 0 fully saturated rings. The lowest BCUT2D eigenvalue weighted by atomic mass is 10.0. The van der Waals surface area contributed by atoms with E-state index in [2.05, 4.69) is 15.7 Å². The number of aromatic nitrogens is 2.